The normalized spacial score (nSPS) is 38.0. The van der Waals surface area contributed by atoms with Gasteiger partial charge in [0.2, 0.25) is 6.17 Å². The molecule has 6 atom stereocenters. The van der Waals surface area contributed by atoms with E-state index >= 15 is 0 Å². The molecule has 12 heteroatoms. The molecule has 1 saturated carbocycles. The zero-order valence-corrected chi connectivity index (χ0v) is 12.1. The topological polar surface area (TPSA) is 38.1 Å². The highest BCUT2D eigenvalue weighted by Gasteiger charge is 2.62. The summed E-state index contributed by atoms with van der Waals surface area (Å²) < 4.78 is 121. The summed E-state index contributed by atoms with van der Waals surface area (Å²) in [4.78, 5) is 0. The number of aliphatic hydroxyl groups excluding tert-OH is 1. The summed E-state index contributed by atoms with van der Waals surface area (Å²) >= 11 is 0. The van der Waals surface area contributed by atoms with Gasteiger partial charge in [0.15, 0.2) is 11.9 Å². The van der Waals surface area contributed by atoms with Crippen LogP contribution in [-0.2, 0) is 6.18 Å². The van der Waals surface area contributed by atoms with E-state index in [1.807, 2.05) is 0 Å². The quantitative estimate of drug-likeness (QED) is 0.748. The molecular weight excluding hydrogens is 371 g/mol. The summed E-state index contributed by atoms with van der Waals surface area (Å²) in [6.45, 7) is 0. The van der Waals surface area contributed by atoms with E-state index in [2.05, 4.69) is 5.10 Å². The van der Waals surface area contributed by atoms with Crippen molar-refractivity contribution >= 4 is 0 Å². The molecule has 1 aromatic rings. The Balaban J connectivity index is 2.13. The number of nitrogens with zero attached hydrogens (tertiary/aromatic N) is 2. The molecular formula is C13H11F9N2O. The molecule has 3 rings (SSSR count). The molecule has 2 unspecified atom stereocenters. The lowest BCUT2D eigenvalue weighted by Gasteiger charge is -2.31. The van der Waals surface area contributed by atoms with Crippen LogP contribution in [-0.4, -0.2) is 39.3 Å². The summed E-state index contributed by atoms with van der Waals surface area (Å²) in [5.74, 6) is -4.56. The molecule has 1 heterocycles. The molecule has 2 aliphatic rings. The smallest absolute Gasteiger partial charge is 0.382 e. The van der Waals surface area contributed by atoms with Gasteiger partial charge in [0.25, 0.3) is 0 Å². The van der Waals surface area contributed by atoms with Crippen molar-refractivity contribution in [2.24, 2.45) is 0 Å². The molecule has 0 aliphatic heterocycles. The van der Waals surface area contributed by atoms with E-state index in [1.54, 1.807) is 0 Å². The lowest BCUT2D eigenvalue weighted by atomic mass is 9.90. The molecule has 0 spiro atoms. The van der Waals surface area contributed by atoms with Crippen LogP contribution in [0.15, 0.2) is 0 Å². The molecule has 1 fully saturated rings. The largest absolute Gasteiger partial charge is 0.435 e. The maximum atomic E-state index is 14.0. The number of halogens is 9. The van der Waals surface area contributed by atoms with Crippen LogP contribution in [0, 0.1) is 0 Å². The fraction of sp³-hybridized carbons (Fsp3) is 0.769. The van der Waals surface area contributed by atoms with E-state index < -0.39 is 78.7 Å². The fourth-order valence-corrected chi connectivity index (χ4v) is 3.29. The van der Waals surface area contributed by atoms with E-state index in [-0.39, 0.29) is 4.68 Å². The van der Waals surface area contributed by atoms with E-state index in [1.165, 1.54) is 0 Å². The van der Waals surface area contributed by atoms with Crippen LogP contribution in [0.2, 0.25) is 0 Å². The predicted molar refractivity (Wildman–Crippen MR) is 63.9 cm³/mol. The van der Waals surface area contributed by atoms with Gasteiger partial charge in [-0.25, -0.2) is 17.6 Å². The highest BCUT2D eigenvalue weighted by atomic mass is 19.4. The highest BCUT2D eigenvalue weighted by Crippen LogP contribution is 2.56. The monoisotopic (exact) mass is 382 g/mol. The second-order valence-corrected chi connectivity index (χ2v) is 6.13. The second-order valence-electron chi connectivity index (χ2n) is 6.13. The predicted octanol–water partition coefficient (Wildman–Crippen LogP) is 3.94. The summed E-state index contributed by atoms with van der Waals surface area (Å²) in [5.41, 5.74) is -4.70. The number of hydrogen-bond donors (Lipinski definition) is 1. The first-order valence-electron chi connectivity index (χ1n) is 7.19. The Morgan fingerprint density at radius 3 is 2.04 bits per heavy atom. The number of fused-ring (bicyclic) bond motifs is 1. The number of alkyl halides is 9. The van der Waals surface area contributed by atoms with Crippen molar-refractivity contribution in [2.45, 2.75) is 61.8 Å². The third kappa shape index (κ3) is 2.59. The van der Waals surface area contributed by atoms with Gasteiger partial charge >= 0.3 is 12.1 Å². The minimum atomic E-state index is -5.31. The molecule has 1 N–H and O–H groups in total. The lowest BCUT2D eigenvalue weighted by molar-refractivity contribution is -0.157. The maximum Gasteiger partial charge on any atom is 0.435 e. The summed E-state index contributed by atoms with van der Waals surface area (Å²) in [7, 11) is 0. The van der Waals surface area contributed by atoms with E-state index in [4.69, 9.17) is 0 Å². The van der Waals surface area contributed by atoms with Gasteiger partial charge in [-0.15, -0.1) is 0 Å². The number of hydrogen-bond acceptors (Lipinski definition) is 2. The van der Waals surface area contributed by atoms with Crippen LogP contribution >= 0.6 is 0 Å². The fourth-order valence-electron chi connectivity index (χ4n) is 3.29. The molecule has 0 bridgehead atoms. The van der Waals surface area contributed by atoms with Gasteiger partial charge in [0.1, 0.15) is 18.4 Å². The lowest BCUT2D eigenvalue weighted by Crippen LogP contribution is -2.39. The van der Waals surface area contributed by atoms with Crippen molar-refractivity contribution in [3.63, 3.8) is 0 Å². The average molecular weight is 382 g/mol. The number of aromatic nitrogens is 2. The van der Waals surface area contributed by atoms with Gasteiger partial charge in [-0.1, -0.05) is 0 Å². The van der Waals surface area contributed by atoms with E-state index in [9.17, 15) is 44.6 Å². The second kappa shape index (κ2) is 5.52. The van der Waals surface area contributed by atoms with Crippen molar-refractivity contribution in [1.29, 1.82) is 0 Å². The first kappa shape index (κ1) is 18.3. The SMILES string of the molecule is O[C@H]1c2c(C(F)(F)F)nn(C3C[C@@H](F)C(F)[C@@H](F)C3)c2[C@@H](F)C1(F)F. The first-order chi connectivity index (χ1) is 11.4. The van der Waals surface area contributed by atoms with Crippen LogP contribution < -0.4 is 0 Å². The van der Waals surface area contributed by atoms with Gasteiger partial charge in [0.05, 0.1) is 11.7 Å². The number of aliphatic hydroxyl groups is 1. The van der Waals surface area contributed by atoms with E-state index in [0.29, 0.717) is 0 Å². The minimum Gasteiger partial charge on any atom is -0.382 e. The molecule has 25 heavy (non-hydrogen) atoms. The average Bonchev–Trinajstić information content (AvgIpc) is 2.96. The Hall–Kier alpha value is -1.46. The molecule has 0 saturated heterocycles. The molecule has 3 nitrogen and oxygen atoms in total. The van der Waals surface area contributed by atoms with Crippen molar-refractivity contribution in [2.75, 3.05) is 0 Å². The van der Waals surface area contributed by atoms with Crippen molar-refractivity contribution < 1.29 is 44.6 Å². The molecule has 2 aliphatic carbocycles. The zero-order chi connectivity index (χ0) is 18.9. The molecule has 0 amide bonds. The Morgan fingerprint density at radius 1 is 1.04 bits per heavy atom. The van der Waals surface area contributed by atoms with Crippen molar-refractivity contribution in [1.82, 2.24) is 9.78 Å². The standard InChI is InChI=1S/C13H11F9N2O/c14-4-1-3(2-5(15)7(4)16)24-8-6(10(23-24)13(20,21)22)11(25)12(18,19)9(8)17/h3-5,7,9,11,25H,1-2H2/t3?,4-,5+,7?,9-,11+/m1/s1. The van der Waals surface area contributed by atoms with Crippen LogP contribution in [0.3, 0.4) is 0 Å². The summed E-state index contributed by atoms with van der Waals surface area (Å²) in [5, 5.41) is 12.4. The highest BCUT2D eigenvalue weighted by molar-refractivity contribution is 5.40. The Morgan fingerprint density at radius 2 is 1.56 bits per heavy atom. The maximum absolute atomic E-state index is 14.0. The van der Waals surface area contributed by atoms with Crippen molar-refractivity contribution in [3.8, 4) is 0 Å². The number of rotatable bonds is 1. The summed E-state index contributed by atoms with van der Waals surface area (Å²) in [6.07, 6.45) is -20.8. The van der Waals surface area contributed by atoms with Gasteiger partial charge in [0, 0.05) is 18.4 Å². The molecule has 0 radical (unpaired) electrons. The van der Waals surface area contributed by atoms with Crippen LogP contribution in [0.4, 0.5) is 39.5 Å². The molecule has 142 valence electrons. The summed E-state index contributed by atoms with van der Waals surface area (Å²) in [6, 6.07) is -1.60. The first-order valence-corrected chi connectivity index (χ1v) is 7.19. The molecule has 0 aromatic carbocycles. The molecule has 1 aromatic heterocycles. The van der Waals surface area contributed by atoms with Gasteiger partial charge in [-0.3, -0.25) is 4.68 Å². The van der Waals surface area contributed by atoms with Gasteiger partial charge in [-0.05, 0) is 0 Å². The van der Waals surface area contributed by atoms with Gasteiger partial charge < -0.3 is 5.11 Å². The van der Waals surface area contributed by atoms with E-state index in [0.717, 1.165) is 0 Å². The minimum absolute atomic E-state index is 0.123. The van der Waals surface area contributed by atoms with Crippen LogP contribution in [0.5, 0.6) is 0 Å². The van der Waals surface area contributed by atoms with Crippen LogP contribution in [0.1, 0.15) is 48.1 Å². The Labute approximate surface area is 134 Å². The third-order valence-electron chi connectivity index (χ3n) is 4.50. The van der Waals surface area contributed by atoms with Crippen molar-refractivity contribution in [3.05, 3.63) is 17.0 Å². The zero-order valence-electron chi connectivity index (χ0n) is 12.1. The third-order valence-corrected chi connectivity index (χ3v) is 4.50. The Bertz CT molecular complexity index is 661. The van der Waals surface area contributed by atoms with Crippen LogP contribution in [0.25, 0.3) is 0 Å². The van der Waals surface area contributed by atoms with Gasteiger partial charge in [-0.2, -0.15) is 27.1 Å². The Kier molecular flexibility index (Phi) is 4.05.